The lowest BCUT2D eigenvalue weighted by Gasteiger charge is -2.11. The van der Waals surface area contributed by atoms with Gasteiger partial charge in [0.15, 0.2) is 0 Å². The molecule has 0 aliphatic rings. The summed E-state index contributed by atoms with van der Waals surface area (Å²) < 4.78 is 2.29. The van der Waals surface area contributed by atoms with Gasteiger partial charge >= 0.3 is 0 Å². The number of benzene rings is 1. The smallest absolute Gasteiger partial charge is 0.106 e. The van der Waals surface area contributed by atoms with Crippen molar-refractivity contribution in [2.24, 2.45) is 0 Å². The standard InChI is InChI=1S/C16H23N3/c1-4-9-17-10-16-11-18-14(3)19(16)12-15-7-5-13(2)6-8-15/h5-8,11,17H,4,9-10,12H2,1-3H3. The van der Waals surface area contributed by atoms with Crippen LogP contribution in [0.1, 0.15) is 36.0 Å². The highest BCUT2D eigenvalue weighted by molar-refractivity contribution is 5.22. The van der Waals surface area contributed by atoms with Gasteiger partial charge in [0.25, 0.3) is 0 Å². The number of nitrogens with one attached hydrogen (secondary N) is 1. The van der Waals surface area contributed by atoms with Crippen LogP contribution < -0.4 is 5.32 Å². The van der Waals surface area contributed by atoms with Crippen LogP contribution in [0.4, 0.5) is 0 Å². The molecule has 1 N–H and O–H groups in total. The molecule has 0 unspecified atom stereocenters. The lowest BCUT2D eigenvalue weighted by atomic mass is 10.1. The first-order valence-corrected chi connectivity index (χ1v) is 6.98. The predicted molar refractivity (Wildman–Crippen MR) is 79.2 cm³/mol. The van der Waals surface area contributed by atoms with E-state index >= 15 is 0 Å². The summed E-state index contributed by atoms with van der Waals surface area (Å²) in [6, 6.07) is 8.71. The highest BCUT2D eigenvalue weighted by atomic mass is 15.1. The molecule has 3 heteroatoms. The number of hydrogen-bond donors (Lipinski definition) is 1. The molecular formula is C16H23N3. The zero-order valence-corrected chi connectivity index (χ0v) is 12.1. The van der Waals surface area contributed by atoms with Crippen molar-refractivity contribution in [3.63, 3.8) is 0 Å². The molecule has 2 rings (SSSR count). The van der Waals surface area contributed by atoms with Crippen LogP contribution in [0.25, 0.3) is 0 Å². The molecule has 0 atom stereocenters. The zero-order valence-electron chi connectivity index (χ0n) is 12.1. The van der Waals surface area contributed by atoms with E-state index in [-0.39, 0.29) is 0 Å². The van der Waals surface area contributed by atoms with Gasteiger partial charge in [0.2, 0.25) is 0 Å². The van der Waals surface area contributed by atoms with Gasteiger partial charge in [-0.25, -0.2) is 4.98 Å². The Bertz CT molecular complexity index is 511. The second kappa shape index (κ2) is 6.53. The van der Waals surface area contributed by atoms with E-state index in [0.717, 1.165) is 31.9 Å². The Balaban J connectivity index is 2.10. The predicted octanol–water partition coefficient (Wildman–Crippen LogP) is 3.05. The fourth-order valence-corrected chi connectivity index (χ4v) is 2.14. The summed E-state index contributed by atoms with van der Waals surface area (Å²) in [5, 5.41) is 3.44. The van der Waals surface area contributed by atoms with Crippen molar-refractivity contribution in [2.45, 2.75) is 40.3 Å². The molecule has 0 aliphatic heterocycles. The molecular weight excluding hydrogens is 234 g/mol. The van der Waals surface area contributed by atoms with Gasteiger partial charge in [0.1, 0.15) is 5.82 Å². The Kier molecular flexibility index (Phi) is 4.74. The summed E-state index contributed by atoms with van der Waals surface area (Å²) in [5.41, 5.74) is 3.88. The molecule has 1 aromatic heterocycles. The summed E-state index contributed by atoms with van der Waals surface area (Å²) >= 11 is 0. The van der Waals surface area contributed by atoms with Crippen molar-refractivity contribution in [1.82, 2.24) is 14.9 Å². The molecule has 0 amide bonds. The lowest BCUT2D eigenvalue weighted by Crippen LogP contribution is -2.17. The minimum atomic E-state index is 0.889. The van der Waals surface area contributed by atoms with E-state index in [2.05, 4.69) is 59.9 Å². The topological polar surface area (TPSA) is 29.9 Å². The second-order valence-electron chi connectivity index (χ2n) is 5.05. The average molecular weight is 257 g/mol. The average Bonchev–Trinajstić information content (AvgIpc) is 2.74. The van der Waals surface area contributed by atoms with Crippen LogP contribution >= 0.6 is 0 Å². The maximum Gasteiger partial charge on any atom is 0.106 e. The normalized spacial score (nSPS) is 10.9. The molecule has 0 saturated carbocycles. The quantitative estimate of drug-likeness (QED) is 0.806. The second-order valence-corrected chi connectivity index (χ2v) is 5.05. The van der Waals surface area contributed by atoms with E-state index in [1.54, 1.807) is 0 Å². The number of hydrogen-bond acceptors (Lipinski definition) is 2. The van der Waals surface area contributed by atoms with Crippen LogP contribution in [-0.4, -0.2) is 16.1 Å². The molecule has 19 heavy (non-hydrogen) atoms. The monoisotopic (exact) mass is 257 g/mol. The minimum Gasteiger partial charge on any atom is -0.327 e. The molecule has 0 spiro atoms. The summed E-state index contributed by atoms with van der Waals surface area (Å²) in [4.78, 5) is 4.43. The number of aryl methyl sites for hydroxylation is 2. The van der Waals surface area contributed by atoms with E-state index in [4.69, 9.17) is 0 Å². The Morgan fingerprint density at radius 2 is 1.89 bits per heavy atom. The molecule has 0 radical (unpaired) electrons. The van der Waals surface area contributed by atoms with Crippen LogP contribution in [0.2, 0.25) is 0 Å². The van der Waals surface area contributed by atoms with E-state index < -0.39 is 0 Å². The van der Waals surface area contributed by atoms with Gasteiger partial charge < -0.3 is 9.88 Å². The van der Waals surface area contributed by atoms with Gasteiger partial charge in [-0.2, -0.15) is 0 Å². The van der Waals surface area contributed by atoms with Crippen molar-refractivity contribution in [2.75, 3.05) is 6.54 Å². The van der Waals surface area contributed by atoms with E-state index in [1.165, 1.54) is 16.8 Å². The first-order valence-electron chi connectivity index (χ1n) is 6.98. The third-order valence-electron chi connectivity index (χ3n) is 3.33. The van der Waals surface area contributed by atoms with Gasteiger partial charge in [0, 0.05) is 19.3 Å². The molecule has 3 nitrogen and oxygen atoms in total. The van der Waals surface area contributed by atoms with Crippen LogP contribution in [0, 0.1) is 13.8 Å². The molecule has 1 heterocycles. The van der Waals surface area contributed by atoms with Gasteiger partial charge in [-0.15, -0.1) is 0 Å². The maximum absolute atomic E-state index is 4.43. The Hall–Kier alpha value is -1.61. The molecule has 102 valence electrons. The Labute approximate surface area is 115 Å². The fourth-order valence-electron chi connectivity index (χ4n) is 2.14. The van der Waals surface area contributed by atoms with Crippen molar-refractivity contribution in [3.8, 4) is 0 Å². The van der Waals surface area contributed by atoms with E-state index in [1.807, 2.05) is 6.20 Å². The zero-order chi connectivity index (χ0) is 13.7. The maximum atomic E-state index is 4.43. The number of aromatic nitrogens is 2. The number of rotatable bonds is 6. The summed E-state index contributed by atoms with van der Waals surface area (Å²) in [7, 11) is 0. The van der Waals surface area contributed by atoms with Crippen molar-refractivity contribution < 1.29 is 0 Å². The van der Waals surface area contributed by atoms with Crippen LogP contribution in [-0.2, 0) is 13.1 Å². The number of imidazole rings is 1. The molecule has 0 aliphatic carbocycles. The first kappa shape index (κ1) is 13.8. The van der Waals surface area contributed by atoms with Gasteiger partial charge in [-0.1, -0.05) is 36.8 Å². The van der Waals surface area contributed by atoms with Crippen LogP contribution in [0.5, 0.6) is 0 Å². The third kappa shape index (κ3) is 3.67. The molecule has 2 aromatic rings. The van der Waals surface area contributed by atoms with E-state index in [9.17, 15) is 0 Å². The molecule has 0 saturated heterocycles. The summed E-state index contributed by atoms with van der Waals surface area (Å²) in [6.45, 7) is 9.20. The highest BCUT2D eigenvalue weighted by Crippen LogP contribution is 2.10. The third-order valence-corrected chi connectivity index (χ3v) is 3.33. The Morgan fingerprint density at radius 3 is 2.58 bits per heavy atom. The summed E-state index contributed by atoms with van der Waals surface area (Å²) in [6.07, 6.45) is 3.14. The molecule has 0 bridgehead atoms. The van der Waals surface area contributed by atoms with Gasteiger partial charge in [-0.3, -0.25) is 0 Å². The number of nitrogens with zero attached hydrogens (tertiary/aromatic N) is 2. The molecule has 0 fully saturated rings. The molecule has 1 aromatic carbocycles. The summed E-state index contributed by atoms with van der Waals surface area (Å²) in [5.74, 6) is 1.08. The SMILES string of the molecule is CCCNCc1cnc(C)n1Cc1ccc(C)cc1. The van der Waals surface area contributed by atoms with Crippen molar-refractivity contribution >= 4 is 0 Å². The van der Waals surface area contributed by atoms with Gasteiger partial charge in [-0.05, 0) is 32.4 Å². The van der Waals surface area contributed by atoms with Crippen LogP contribution in [0.3, 0.4) is 0 Å². The highest BCUT2D eigenvalue weighted by Gasteiger charge is 2.06. The fraction of sp³-hybridized carbons (Fsp3) is 0.438. The van der Waals surface area contributed by atoms with Crippen molar-refractivity contribution in [3.05, 3.63) is 53.1 Å². The van der Waals surface area contributed by atoms with Crippen LogP contribution in [0.15, 0.2) is 30.5 Å². The first-order chi connectivity index (χ1) is 9.20. The van der Waals surface area contributed by atoms with Gasteiger partial charge in [0.05, 0.1) is 5.69 Å². The Morgan fingerprint density at radius 1 is 1.16 bits per heavy atom. The largest absolute Gasteiger partial charge is 0.327 e. The minimum absolute atomic E-state index is 0.889. The van der Waals surface area contributed by atoms with E-state index in [0.29, 0.717) is 0 Å². The van der Waals surface area contributed by atoms with Crippen molar-refractivity contribution in [1.29, 1.82) is 0 Å². The lowest BCUT2D eigenvalue weighted by molar-refractivity contribution is 0.623.